The van der Waals surface area contributed by atoms with E-state index in [1.54, 1.807) is 12.1 Å². The Morgan fingerprint density at radius 3 is 2.88 bits per heavy atom. The summed E-state index contributed by atoms with van der Waals surface area (Å²) in [4.78, 5) is 0. The fraction of sp³-hybridized carbons (Fsp3) is 0.500. The van der Waals surface area contributed by atoms with Crippen LogP contribution in [0, 0.1) is 5.82 Å². The van der Waals surface area contributed by atoms with Gasteiger partial charge in [0.1, 0.15) is 5.82 Å². The third-order valence-electron chi connectivity index (χ3n) is 3.31. The molecule has 94 valence electrons. The average molecular weight is 339 g/mol. The SMILES string of the molecule is CC1(C(N)c2ccc(Br)c(Cl)c2F)CCCS1. The Bertz CT molecular complexity index is 435. The van der Waals surface area contributed by atoms with Crippen molar-refractivity contribution in [2.45, 2.75) is 30.6 Å². The number of rotatable bonds is 2. The molecule has 1 saturated heterocycles. The molecule has 0 spiro atoms. The Morgan fingerprint density at radius 2 is 2.29 bits per heavy atom. The first kappa shape index (κ1) is 13.7. The first-order chi connectivity index (χ1) is 7.96. The van der Waals surface area contributed by atoms with Crippen molar-refractivity contribution in [1.82, 2.24) is 0 Å². The van der Waals surface area contributed by atoms with Crippen LogP contribution in [-0.4, -0.2) is 10.5 Å². The fourth-order valence-corrected chi connectivity index (χ4v) is 3.98. The van der Waals surface area contributed by atoms with Crippen LogP contribution in [0.15, 0.2) is 16.6 Å². The first-order valence-corrected chi connectivity index (χ1v) is 7.64. The van der Waals surface area contributed by atoms with Gasteiger partial charge in [-0.05, 0) is 47.5 Å². The molecule has 5 heteroatoms. The summed E-state index contributed by atoms with van der Waals surface area (Å²) in [6.45, 7) is 2.10. The summed E-state index contributed by atoms with van der Waals surface area (Å²) < 4.78 is 14.6. The number of hydrogen-bond donors (Lipinski definition) is 1. The van der Waals surface area contributed by atoms with Crippen LogP contribution in [-0.2, 0) is 0 Å². The van der Waals surface area contributed by atoms with Gasteiger partial charge in [-0.25, -0.2) is 4.39 Å². The van der Waals surface area contributed by atoms with E-state index in [9.17, 15) is 4.39 Å². The molecule has 1 fully saturated rings. The zero-order chi connectivity index (χ0) is 12.6. The molecule has 0 aliphatic carbocycles. The molecule has 17 heavy (non-hydrogen) atoms. The Balaban J connectivity index is 2.37. The first-order valence-electron chi connectivity index (χ1n) is 5.48. The van der Waals surface area contributed by atoms with Gasteiger partial charge in [0.15, 0.2) is 0 Å². The minimum Gasteiger partial charge on any atom is -0.323 e. The molecule has 0 bridgehead atoms. The molecule has 1 aromatic carbocycles. The standard InChI is InChI=1S/C12H14BrClFNS/c1-12(5-2-6-17-12)11(16)7-3-4-8(13)9(14)10(7)15/h3-4,11H,2,5-6,16H2,1H3. The van der Waals surface area contributed by atoms with Crippen LogP contribution in [0.4, 0.5) is 4.39 Å². The van der Waals surface area contributed by atoms with E-state index < -0.39 is 5.82 Å². The lowest BCUT2D eigenvalue weighted by molar-refractivity contribution is 0.478. The Kier molecular flexibility index (Phi) is 4.08. The minimum absolute atomic E-state index is 0.0853. The second-order valence-electron chi connectivity index (χ2n) is 4.51. The smallest absolute Gasteiger partial charge is 0.147 e. The van der Waals surface area contributed by atoms with E-state index in [1.807, 2.05) is 11.8 Å². The van der Waals surface area contributed by atoms with Gasteiger partial charge in [0.05, 0.1) is 5.02 Å². The highest BCUT2D eigenvalue weighted by Gasteiger charge is 2.38. The van der Waals surface area contributed by atoms with Crippen LogP contribution < -0.4 is 5.73 Å². The quantitative estimate of drug-likeness (QED) is 0.802. The van der Waals surface area contributed by atoms with Crippen molar-refractivity contribution in [2.24, 2.45) is 5.73 Å². The summed E-state index contributed by atoms with van der Waals surface area (Å²) in [5.41, 5.74) is 6.73. The van der Waals surface area contributed by atoms with Crippen LogP contribution in [0.3, 0.4) is 0 Å². The Hall–Kier alpha value is 0.230. The van der Waals surface area contributed by atoms with Crippen LogP contribution in [0.1, 0.15) is 31.4 Å². The Labute approximate surface area is 118 Å². The largest absolute Gasteiger partial charge is 0.323 e. The summed E-state index contributed by atoms with van der Waals surface area (Å²) in [6.07, 6.45) is 2.16. The van der Waals surface area contributed by atoms with Crippen molar-refractivity contribution < 1.29 is 4.39 Å². The number of thioether (sulfide) groups is 1. The molecule has 2 N–H and O–H groups in total. The highest BCUT2D eigenvalue weighted by Crippen LogP contribution is 2.46. The second kappa shape index (κ2) is 5.08. The van der Waals surface area contributed by atoms with Crippen LogP contribution in [0.5, 0.6) is 0 Å². The molecule has 2 atom stereocenters. The number of hydrogen-bond acceptors (Lipinski definition) is 2. The minimum atomic E-state index is -0.401. The summed E-state index contributed by atoms with van der Waals surface area (Å²) >= 11 is 10.9. The van der Waals surface area contributed by atoms with Gasteiger partial charge in [-0.2, -0.15) is 11.8 Å². The maximum atomic E-state index is 14.1. The number of nitrogens with two attached hydrogens (primary N) is 1. The number of benzene rings is 1. The fourth-order valence-electron chi connectivity index (χ4n) is 2.16. The Morgan fingerprint density at radius 1 is 1.59 bits per heavy atom. The van der Waals surface area contributed by atoms with Gasteiger partial charge < -0.3 is 5.73 Å². The summed E-state index contributed by atoms with van der Waals surface area (Å²) in [7, 11) is 0. The lowest BCUT2D eigenvalue weighted by Gasteiger charge is -2.31. The van der Waals surface area contributed by atoms with Crippen molar-refractivity contribution >= 4 is 39.3 Å². The van der Waals surface area contributed by atoms with Crippen molar-refractivity contribution in [3.8, 4) is 0 Å². The van der Waals surface area contributed by atoms with E-state index in [0.29, 0.717) is 10.0 Å². The second-order valence-corrected chi connectivity index (χ2v) is 7.37. The molecule has 1 heterocycles. The highest BCUT2D eigenvalue weighted by atomic mass is 79.9. The molecule has 1 aliphatic rings. The van der Waals surface area contributed by atoms with Crippen LogP contribution in [0.2, 0.25) is 5.02 Å². The van der Waals surface area contributed by atoms with E-state index >= 15 is 0 Å². The third kappa shape index (κ3) is 2.50. The normalized spacial score (nSPS) is 26.2. The van der Waals surface area contributed by atoms with E-state index in [4.69, 9.17) is 17.3 Å². The van der Waals surface area contributed by atoms with E-state index in [0.717, 1.165) is 18.6 Å². The molecule has 1 aromatic rings. The summed E-state index contributed by atoms with van der Waals surface area (Å²) in [5, 5.41) is 0.115. The number of halogens is 3. The molecular weight excluding hydrogens is 325 g/mol. The van der Waals surface area contributed by atoms with Gasteiger partial charge in [0.25, 0.3) is 0 Å². The molecule has 2 rings (SSSR count). The summed E-state index contributed by atoms with van der Waals surface area (Å²) in [6, 6.07) is 3.16. The van der Waals surface area contributed by atoms with Crippen LogP contribution in [0.25, 0.3) is 0 Å². The maximum absolute atomic E-state index is 14.1. The zero-order valence-corrected chi connectivity index (χ0v) is 12.6. The van der Waals surface area contributed by atoms with E-state index in [-0.39, 0.29) is 15.8 Å². The summed E-state index contributed by atoms with van der Waals surface area (Å²) in [5.74, 6) is 0.693. The lowest BCUT2D eigenvalue weighted by atomic mass is 9.91. The van der Waals surface area contributed by atoms with Gasteiger partial charge in [0.2, 0.25) is 0 Å². The monoisotopic (exact) mass is 337 g/mol. The lowest BCUT2D eigenvalue weighted by Crippen LogP contribution is -2.33. The van der Waals surface area contributed by atoms with Gasteiger partial charge >= 0.3 is 0 Å². The van der Waals surface area contributed by atoms with Gasteiger partial charge in [-0.3, -0.25) is 0 Å². The van der Waals surface area contributed by atoms with Gasteiger partial charge in [0, 0.05) is 20.8 Å². The van der Waals surface area contributed by atoms with Gasteiger partial charge in [-0.1, -0.05) is 17.7 Å². The molecule has 1 nitrogen and oxygen atoms in total. The zero-order valence-electron chi connectivity index (χ0n) is 9.47. The van der Waals surface area contributed by atoms with Crippen molar-refractivity contribution in [3.63, 3.8) is 0 Å². The molecule has 2 unspecified atom stereocenters. The molecule has 0 aromatic heterocycles. The molecule has 1 aliphatic heterocycles. The van der Waals surface area contributed by atoms with Crippen LogP contribution >= 0.6 is 39.3 Å². The predicted octanol–water partition coefficient (Wildman–Crippen LogP) is 4.53. The molecule has 0 amide bonds. The van der Waals surface area contributed by atoms with E-state index in [2.05, 4.69) is 22.9 Å². The molecule has 0 saturated carbocycles. The molecule has 0 radical (unpaired) electrons. The van der Waals surface area contributed by atoms with Crippen molar-refractivity contribution in [3.05, 3.63) is 33.0 Å². The van der Waals surface area contributed by atoms with Crippen molar-refractivity contribution in [2.75, 3.05) is 5.75 Å². The average Bonchev–Trinajstić information content (AvgIpc) is 2.74. The highest BCUT2D eigenvalue weighted by molar-refractivity contribution is 9.10. The maximum Gasteiger partial charge on any atom is 0.147 e. The topological polar surface area (TPSA) is 26.0 Å². The third-order valence-corrected chi connectivity index (χ3v) is 6.18. The van der Waals surface area contributed by atoms with E-state index in [1.165, 1.54) is 0 Å². The predicted molar refractivity (Wildman–Crippen MR) is 76.1 cm³/mol. The molecular formula is C12H14BrClFNS. The van der Waals surface area contributed by atoms with Crippen molar-refractivity contribution in [1.29, 1.82) is 0 Å². The van der Waals surface area contributed by atoms with Gasteiger partial charge in [-0.15, -0.1) is 0 Å².